The highest BCUT2D eigenvalue weighted by Crippen LogP contribution is 2.30. The zero-order valence-electron chi connectivity index (χ0n) is 13.0. The van der Waals surface area contributed by atoms with Crippen LogP contribution in [0.5, 0.6) is 0 Å². The normalized spacial score (nSPS) is 27.6. The lowest BCUT2D eigenvalue weighted by molar-refractivity contribution is 0.0615. The number of piperidine rings is 1. The first kappa shape index (κ1) is 14.5. The molecule has 2 aliphatic heterocycles. The van der Waals surface area contributed by atoms with Gasteiger partial charge in [0.05, 0.1) is 5.56 Å². The summed E-state index contributed by atoms with van der Waals surface area (Å²) in [5.74, 6) is 0.161. The molecule has 114 valence electrons. The Hall–Kier alpha value is -1.42. The van der Waals surface area contributed by atoms with E-state index in [9.17, 15) is 4.79 Å². The van der Waals surface area contributed by atoms with Gasteiger partial charge in [0.15, 0.2) is 0 Å². The van der Waals surface area contributed by atoms with E-state index in [2.05, 4.69) is 22.1 Å². The summed E-state index contributed by atoms with van der Waals surface area (Å²) in [4.78, 5) is 19.3. The number of pyridine rings is 1. The Labute approximate surface area is 126 Å². The number of fused-ring (bicyclic) bond motifs is 2. The predicted octanol–water partition coefficient (Wildman–Crippen LogP) is 2.53. The van der Waals surface area contributed by atoms with Crippen molar-refractivity contribution in [1.29, 1.82) is 0 Å². The average Bonchev–Trinajstić information content (AvgIpc) is 2.83. The van der Waals surface area contributed by atoms with Crippen LogP contribution in [0.25, 0.3) is 0 Å². The van der Waals surface area contributed by atoms with Crippen LogP contribution in [0.15, 0.2) is 18.3 Å². The Bertz CT molecular complexity index is 505. The molecule has 2 saturated heterocycles. The summed E-state index contributed by atoms with van der Waals surface area (Å²) in [5.41, 5.74) is 1.59. The quantitative estimate of drug-likeness (QED) is 0.925. The zero-order chi connectivity index (χ0) is 14.8. The van der Waals surface area contributed by atoms with Crippen LogP contribution in [-0.4, -0.2) is 40.5 Å². The Morgan fingerprint density at radius 3 is 2.71 bits per heavy atom. The zero-order valence-corrected chi connectivity index (χ0v) is 13.0. The van der Waals surface area contributed by atoms with Crippen LogP contribution in [0.4, 0.5) is 0 Å². The topological polar surface area (TPSA) is 45.2 Å². The number of amides is 1. The molecule has 1 aromatic rings. The molecule has 3 heterocycles. The van der Waals surface area contributed by atoms with Gasteiger partial charge in [-0.1, -0.05) is 6.92 Å². The third kappa shape index (κ3) is 2.95. The maximum Gasteiger partial charge on any atom is 0.255 e. The molecule has 1 aromatic heterocycles. The molecule has 4 nitrogen and oxygen atoms in total. The molecule has 0 aromatic carbocycles. The van der Waals surface area contributed by atoms with Crippen LogP contribution >= 0.6 is 0 Å². The fraction of sp³-hybridized carbons (Fsp3) is 0.647. The molecule has 1 N–H and O–H groups in total. The highest BCUT2D eigenvalue weighted by Gasteiger charge is 2.37. The van der Waals surface area contributed by atoms with Gasteiger partial charge in [-0.2, -0.15) is 0 Å². The van der Waals surface area contributed by atoms with E-state index in [0.717, 1.165) is 37.1 Å². The Kier molecular flexibility index (Phi) is 4.24. The van der Waals surface area contributed by atoms with Gasteiger partial charge in [-0.25, -0.2) is 0 Å². The van der Waals surface area contributed by atoms with E-state index in [1.165, 1.54) is 12.8 Å². The molecule has 2 bridgehead atoms. The van der Waals surface area contributed by atoms with Gasteiger partial charge in [-0.15, -0.1) is 0 Å². The van der Waals surface area contributed by atoms with Crippen molar-refractivity contribution in [2.24, 2.45) is 0 Å². The lowest BCUT2D eigenvalue weighted by Crippen LogP contribution is -2.50. The molecule has 2 unspecified atom stereocenters. The van der Waals surface area contributed by atoms with E-state index in [-0.39, 0.29) is 5.91 Å². The standard InChI is InChI=1S/C17H25N3O/c1-3-9-20(15-10-13-6-7-14(11-15)19-13)17(21)16-5-4-8-18-12(16)2/h4-5,8,13-15,19H,3,6-7,9-11H2,1-2H3. The molecule has 2 atom stereocenters. The van der Waals surface area contributed by atoms with Crippen LogP contribution in [-0.2, 0) is 0 Å². The molecule has 0 radical (unpaired) electrons. The van der Waals surface area contributed by atoms with E-state index >= 15 is 0 Å². The second-order valence-electron chi connectivity index (χ2n) is 6.40. The van der Waals surface area contributed by atoms with Crippen molar-refractivity contribution in [3.05, 3.63) is 29.6 Å². The van der Waals surface area contributed by atoms with Crippen LogP contribution < -0.4 is 5.32 Å². The van der Waals surface area contributed by atoms with E-state index in [4.69, 9.17) is 0 Å². The number of carbonyl (C=O) groups is 1. The molecule has 21 heavy (non-hydrogen) atoms. The second-order valence-corrected chi connectivity index (χ2v) is 6.40. The predicted molar refractivity (Wildman–Crippen MR) is 83.3 cm³/mol. The Morgan fingerprint density at radius 2 is 2.10 bits per heavy atom. The fourth-order valence-corrected chi connectivity index (χ4v) is 3.84. The van der Waals surface area contributed by atoms with Crippen molar-refractivity contribution < 1.29 is 4.79 Å². The highest BCUT2D eigenvalue weighted by atomic mass is 16.2. The van der Waals surface area contributed by atoms with E-state index in [0.29, 0.717) is 18.1 Å². The van der Waals surface area contributed by atoms with Crippen LogP contribution in [0.2, 0.25) is 0 Å². The van der Waals surface area contributed by atoms with Gasteiger partial charge in [0.1, 0.15) is 0 Å². The number of aryl methyl sites for hydroxylation is 1. The number of nitrogens with zero attached hydrogens (tertiary/aromatic N) is 2. The molecule has 0 aliphatic carbocycles. The van der Waals surface area contributed by atoms with E-state index < -0.39 is 0 Å². The number of hydrogen-bond acceptors (Lipinski definition) is 3. The van der Waals surface area contributed by atoms with Crippen molar-refractivity contribution in [2.75, 3.05) is 6.54 Å². The first-order valence-electron chi connectivity index (χ1n) is 8.17. The molecule has 2 fully saturated rings. The summed E-state index contributed by atoms with van der Waals surface area (Å²) in [5, 5.41) is 3.66. The number of nitrogens with one attached hydrogen (secondary N) is 1. The third-order valence-electron chi connectivity index (χ3n) is 4.85. The van der Waals surface area contributed by atoms with Gasteiger partial charge in [0, 0.05) is 36.6 Å². The van der Waals surface area contributed by atoms with Crippen LogP contribution in [0.1, 0.15) is 55.1 Å². The monoisotopic (exact) mass is 287 g/mol. The van der Waals surface area contributed by atoms with Gasteiger partial charge >= 0.3 is 0 Å². The van der Waals surface area contributed by atoms with Crippen molar-refractivity contribution in [3.8, 4) is 0 Å². The SMILES string of the molecule is CCCN(C(=O)c1cccnc1C)C1CC2CCC(C1)N2. The molecule has 4 heteroatoms. The molecular weight excluding hydrogens is 262 g/mol. The molecule has 3 rings (SSSR count). The number of aromatic nitrogens is 1. The minimum atomic E-state index is 0.161. The van der Waals surface area contributed by atoms with Crippen LogP contribution in [0, 0.1) is 6.92 Å². The van der Waals surface area contributed by atoms with Crippen molar-refractivity contribution >= 4 is 5.91 Å². The molecule has 0 saturated carbocycles. The average molecular weight is 287 g/mol. The van der Waals surface area contributed by atoms with Crippen molar-refractivity contribution in [1.82, 2.24) is 15.2 Å². The molecule has 2 aliphatic rings. The van der Waals surface area contributed by atoms with E-state index in [1.54, 1.807) is 6.20 Å². The Morgan fingerprint density at radius 1 is 1.38 bits per heavy atom. The van der Waals surface area contributed by atoms with Gasteiger partial charge in [-0.3, -0.25) is 9.78 Å². The molecule has 1 amide bonds. The smallest absolute Gasteiger partial charge is 0.255 e. The summed E-state index contributed by atoms with van der Waals surface area (Å²) in [6.07, 6.45) is 7.48. The highest BCUT2D eigenvalue weighted by molar-refractivity contribution is 5.95. The van der Waals surface area contributed by atoms with Gasteiger partial charge in [0.25, 0.3) is 5.91 Å². The lowest BCUT2D eigenvalue weighted by atomic mass is 9.97. The Balaban J connectivity index is 1.81. The summed E-state index contributed by atoms with van der Waals surface area (Å²) >= 11 is 0. The van der Waals surface area contributed by atoms with Gasteiger partial charge in [0.2, 0.25) is 0 Å². The molecule has 0 spiro atoms. The van der Waals surface area contributed by atoms with E-state index in [1.807, 2.05) is 19.1 Å². The van der Waals surface area contributed by atoms with Crippen molar-refractivity contribution in [3.63, 3.8) is 0 Å². The summed E-state index contributed by atoms with van der Waals surface area (Å²) in [6, 6.07) is 5.36. The van der Waals surface area contributed by atoms with Gasteiger partial charge < -0.3 is 10.2 Å². The molecular formula is C17H25N3O. The number of hydrogen-bond donors (Lipinski definition) is 1. The first-order chi connectivity index (χ1) is 10.2. The number of rotatable bonds is 4. The number of carbonyl (C=O) groups excluding carboxylic acids is 1. The maximum absolute atomic E-state index is 13.0. The lowest BCUT2D eigenvalue weighted by Gasteiger charge is -2.38. The van der Waals surface area contributed by atoms with Gasteiger partial charge in [-0.05, 0) is 51.2 Å². The fourth-order valence-electron chi connectivity index (χ4n) is 3.84. The summed E-state index contributed by atoms with van der Waals surface area (Å²) in [7, 11) is 0. The third-order valence-corrected chi connectivity index (χ3v) is 4.85. The largest absolute Gasteiger partial charge is 0.336 e. The summed E-state index contributed by atoms with van der Waals surface area (Å²) in [6.45, 7) is 4.91. The van der Waals surface area contributed by atoms with Crippen molar-refractivity contribution in [2.45, 2.75) is 64.1 Å². The maximum atomic E-state index is 13.0. The minimum Gasteiger partial charge on any atom is -0.336 e. The first-order valence-corrected chi connectivity index (χ1v) is 8.17. The summed E-state index contributed by atoms with van der Waals surface area (Å²) < 4.78 is 0. The second kappa shape index (κ2) is 6.14. The van der Waals surface area contributed by atoms with Crippen LogP contribution in [0.3, 0.4) is 0 Å². The minimum absolute atomic E-state index is 0.161.